The van der Waals surface area contributed by atoms with Gasteiger partial charge in [0, 0.05) is 35.4 Å². The number of benzene rings is 1. The van der Waals surface area contributed by atoms with Crippen molar-refractivity contribution in [2.75, 3.05) is 13.1 Å². The molecule has 0 saturated carbocycles. The molecule has 1 amide bonds. The average Bonchev–Trinajstić information content (AvgIpc) is 2.96. The Labute approximate surface area is 181 Å². The molecule has 0 unspecified atom stereocenters. The summed E-state index contributed by atoms with van der Waals surface area (Å²) in [6, 6.07) is 6.64. The van der Waals surface area contributed by atoms with E-state index in [2.05, 4.69) is 18.9 Å². The summed E-state index contributed by atoms with van der Waals surface area (Å²) in [5, 5.41) is 5.57. The highest BCUT2D eigenvalue weighted by Crippen LogP contribution is 2.24. The van der Waals surface area contributed by atoms with Gasteiger partial charge in [-0.2, -0.15) is 5.10 Å². The van der Waals surface area contributed by atoms with Crippen LogP contribution in [-0.4, -0.2) is 38.2 Å². The van der Waals surface area contributed by atoms with Crippen molar-refractivity contribution in [2.45, 2.75) is 47.2 Å². The van der Waals surface area contributed by atoms with Crippen LogP contribution in [0.1, 0.15) is 37.2 Å². The quantitative estimate of drug-likeness (QED) is 0.644. The molecule has 2 aromatic heterocycles. The van der Waals surface area contributed by atoms with Gasteiger partial charge in [-0.3, -0.25) is 9.59 Å². The first kappa shape index (κ1) is 21.3. The van der Waals surface area contributed by atoms with Crippen LogP contribution < -0.4 is 5.56 Å². The molecule has 0 N–H and O–H groups in total. The minimum atomic E-state index is -0.281. The number of hydrogen-bond acceptors (Lipinski definition) is 3. The Morgan fingerprint density at radius 2 is 1.81 bits per heavy atom. The van der Waals surface area contributed by atoms with Crippen LogP contribution in [0.25, 0.3) is 10.8 Å². The molecule has 1 fully saturated rings. The molecule has 6 nitrogen and oxygen atoms in total. The van der Waals surface area contributed by atoms with E-state index in [1.54, 1.807) is 24.4 Å². The Morgan fingerprint density at radius 1 is 1.13 bits per heavy atom. The van der Waals surface area contributed by atoms with Crippen LogP contribution >= 0.6 is 0 Å². The first-order chi connectivity index (χ1) is 14.8. The van der Waals surface area contributed by atoms with Gasteiger partial charge in [-0.1, -0.05) is 32.0 Å². The van der Waals surface area contributed by atoms with Crippen molar-refractivity contribution in [3.8, 4) is 0 Å². The van der Waals surface area contributed by atoms with Crippen LogP contribution in [0.15, 0.2) is 35.3 Å². The second-order valence-corrected chi connectivity index (χ2v) is 8.99. The van der Waals surface area contributed by atoms with Gasteiger partial charge < -0.3 is 9.47 Å². The third-order valence-corrected chi connectivity index (χ3v) is 6.40. The maximum Gasteiger partial charge on any atom is 0.276 e. The molecular formula is C24H29FN4O2. The van der Waals surface area contributed by atoms with E-state index in [9.17, 15) is 14.0 Å². The van der Waals surface area contributed by atoms with Crippen LogP contribution in [0.3, 0.4) is 0 Å². The van der Waals surface area contributed by atoms with Crippen molar-refractivity contribution in [1.82, 2.24) is 19.2 Å². The predicted molar refractivity (Wildman–Crippen MR) is 118 cm³/mol. The van der Waals surface area contributed by atoms with Gasteiger partial charge in [0.25, 0.3) is 5.56 Å². The summed E-state index contributed by atoms with van der Waals surface area (Å²) in [6.45, 7) is 9.77. The van der Waals surface area contributed by atoms with Crippen molar-refractivity contribution in [1.29, 1.82) is 0 Å². The van der Waals surface area contributed by atoms with Gasteiger partial charge in [0.2, 0.25) is 5.91 Å². The third kappa shape index (κ3) is 4.01. The van der Waals surface area contributed by atoms with Crippen molar-refractivity contribution in [2.24, 2.45) is 11.8 Å². The van der Waals surface area contributed by atoms with Crippen LogP contribution in [-0.2, 0) is 17.9 Å². The Kier molecular flexibility index (Phi) is 5.69. The van der Waals surface area contributed by atoms with E-state index >= 15 is 0 Å². The third-order valence-electron chi connectivity index (χ3n) is 6.40. The lowest BCUT2D eigenvalue weighted by Crippen LogP contribution is -2.45. The summed E-state index contributed by atoms with van der Waals surface area (Å²) < 4.78 is 17.4. The minimum absolute atomic E-state index is 0.0643. The summed E-state index contributed by atoms with van der Waals surface area (Å²) in [7, 11) is 0. The molecule has 2 atom stereocenters. The molecule has 1 aliphatic heterocycles. The average molecular weight is 425 g/mol. The van der Waals surface area contributed by atoms with E-state index in [1.165, 1.54) is 10.7 Å². The van der Waals surface area contributed by atoms with Crippen molar-refractivity contribution in [3.05, 3.63) is 63.6 Å². The van der Waals surface area contributed by atoms with E-state index in [0.717, 1.165) is 36.3 Å². The van der Waals surface area contributed by atoms with Gasteiger partial charge in [-0.15, -0.1) is 0 Å². The van der Waals surface area contributed by atoms with Gasteiger partial charge in [0.05, 0.1) is 18.1 Å². The Hall–Kier alpha value is -2.96. The first-order valence-electron chi connectivity index (χ1n) is 10.8. The van der Waals surface area contributed by atoms with Gasteiger partial charge in [-0.05, 0) is 38.2 Å². The molecule has 31 heavy (non-hydrogen) atoms. The topological polar surface area (TPSA) is 60.1 Å². The second-order valence-electron chi connectivity index (χ2n) is 8.99. The molecule has 0 spiro atoms. The zero-order chi connectivity index (χ0) is 22.3. The lowest BCUT2D eigenvalue weighted by atomic mass is 9.92. The van der Waals surface area contributed by atoms with Gasteiger partial charge in [0.1, 0.15) is 12.4 Å². The number of likely N-dealkylation sites (tertiary alicyclic amines) is 1. The fourth-order valence-electron chi connectivity index (χ4n) is 4.89. The molecule has 7 heteroatoms. The lowest BCUT2D eigenvalue weighted by Gasteiger charge is -2.35. The zero-order valence-electron chi connectivity index (χ0n) is 18.6. The van der Waals surface area contributed by atoms with Crippen LogP contribution in [0.5, 0.6) is 0 Å². The SMILES string of the molecule is Cc1c2cnn(CC(=O)N3C[C@H](C)C[C@@H](C)C3)c(=O)c2c(C)n1Cc1ccccc1F. The van der Waals surface area contributed by atoms with Crippen LogP contribution in [0.4, 0.5) is 4.39 Å². The number of amides is 1. The van der Waals surface area contributed by atoms with Gasteiger partial charge in [0.15, 0.2) is 0 Å². The Morgan fingerprint density at radius 3 is 2.48 bits per heavy atom. The summed E-state index contributed by atoms with van der Waals surface area (Å²) in [5.41, 5.74) is 1.89. The summed E-state index contributed by atoms with van der Waals surface area (Å²) >= 11 is 0. The highest BCUT2D eigenvalue weighted by molar-refractivity contribution is 5.87. The van der Waals surface area contributed by atoms with Crippen LogP contribution in [0.2, 0.25) is 0 Å². The number of piperidine rings is 1. The smallest absolute Gasteiger partial charge is 0.276 e. The number of aryl methyl sites for hydroxylation is 2. The monoisotopic (exact) mass is 424 g/mol. The predicted octanol–water partition coefficient (Wildman–Crippen LogP) is 3.51. The number of hydrogen-bond donors (Lipinski definition) is 0. The second kappa shape index (κ2) is 8.29. The number of fused-ring (bicyclic) bond motifs is 1. The number of halogens is 1. The van der Waals surface area contributed by atoms with Crippen molar-refractivity contribution < 1.29 is 9.18 Å². The fraction of sp³-hybridized carbons (Fsp3) is 0.458. The number of nitrogens with zero attached hydrogens (tertiary/aromatic N) is 4. The van der Waals surface area contributed by atoms with E-state index < -0.39 is 0 Å². The molecule has 4 rings (SSSR count). The number of aromatic nitrogens is 3. The molecule has 164 valence electrons. The largest absolute Gasteiger partial charge is 0.343 e. The first-order valence-corrected chi connectivity index (χ1v) is 10.8. The molecular weight excluding hydrogens is 395 g/mol. The van der Waals surface area contributed by atoms with E-state index in [4.69, 9.17) is 0 Å². The number of rotatable bonds is 4. The molecule has 1 saturated heterocycles. The molecule has 3 heterocycles. The summed E-state index contributed by atoms with van der Waals surface area (Å²) in [5.74, 6) is 0.562. The molecule has 0 radical (unpaired) electrons. The number of carbonyl (C=O) groups is 1. The molecule has 1 aliphatic rings. The molecule has 0 aliphatic carbocycles. The van der Waals surface area contributed by atoms with E-state index in [-0.39, 0.29) is 23.8 Å². The number of carbonyl (C=O) groups excluding carboxylic acids is 1. The minimum Gasteiger partial charge on any atom is -0.343 e. The summed E-state index contributed by atoms with van der Waals surface area (Å²) in [6.07, 6.45) is 2.76. The maximum atomic E-state index is 14.2. The van der Waals surface area contributed by atoms with Gasteiger partial charge >= 0.3 is 0 Å². The molecule has 3 aromatic rings. The molecule has 1 aromatic carbocycles. The highest BCUT2D eigenvalue weighted by Gasteiger charge is 2.26. The highest BCUT2D eigenvalue weighted by atomic mass is 19.1. The van der Waals surface area contributed by atoms with Crippen molar-refractivity contribution >= 4 is 16.7 Å². The lowest BCUT2D eigenvalue weighted by molar-refractivity contribution is -0.134. The van der Waals surface area contributed by atoms with Gasteiger partial charge in [-0.25, -0.2) is 9.07 Å². The van der Waals surface area contributed by atoms with Crippen LogP contribution in [0, 0.1) is 31.5 Å². The van der Waals surface area contributed by atoms with E-state index in [0.29, 0.717) is 29.3 Å². The Balaban J connectivity index is 1.66. The maximum absolute atomic E-state index is 14.2. The molecule has 0 bridgehead atoms. The van der Waals surface area contributed by atoms with E-state index in [1.807, 2.05) is 23.3 Å². The standard InChI is InChI=1S/C24H29FN4O2/c1-15-9-16(2)12-27(11-15)22(30)14-29-24(31)23-18(4)28(17(3)20(23)10-26-29)13-19-7-5-6-8-21(19)25/h5-8,10,15-16H,9,11-14H2,1-4H3/t15-,16-/m1/s1. The Bertz CT molecular complexity index is 1190. The fourth-order valence-corrected chi connectivity index (χ4v) is 4.89. The summed E-state index contributed by atoms with van der Waals surface area (Å²) in [4.78, 5) is 27.9. The normalized spacial score (nSPS) is 19.2. The van der Waals surface area contributed by atoms with Crippen molar-refractivity contribution in [3.63, 3.8) is 0 Å². The zero-order valence-corrected chi connectivity index (χ0v) is 18.6.